The van der Waals surface area contributed by atoms with E-state index in [9.17, 15) is 10.2 Å². The second-order valence-electron chi connectivity index (χ2n) is 5.94. The van der Waals surface area contributed by atoms with Crippen LogP contribution in [0.25, 0.3) is 0 Å². The Hall–Kier alpha value is -1.32. The minimum atomic E-state index is -0.0857. The van der Waals surface area contributed by atoms with Crippen molar-refractivity contribution in [2.45, 2.75) is 25.9 Å². The lowest BCUT2D eigenvalue weighted by Gasteiger charge is -2.47. The van der Waals surface area contributed by atoms with Gasteiger partial charge in [-0.2, -0.15) is 0 Å². The Kier molecular flexibility index (Phi) is 3.11. The highest BCUT2D eigenvalue weighted by Gasteiger charge is 2.44. The van der Waals surface area contributed by atoms with Crippen molar-refractivity contribution in [2.24, 2.45) is 11.3 Å². The summed E-state index contributed by atoms with van der Waals surface area (Å²) < 4.78 is 6.05. The zero-order chi connectivity index (χ0) is 13.5. The molecule has 3 rings (SSSR count). The Balaban J connectivity index is 1.91. The van der Waals surface area contributed by atoms with Crippen LogP contribution in [0.5, 0.6) is 5.75 Å². The fourth-order valence-electron chi connectivity index (χ4n) is 3.25. The molecule has 102 valence electrons. The van der Waals surface area contributed by atoms with Gasteiger partial charge in [-0.1, -0.05) is 23.8 Å². The maximum Gasteiger partial charge on any atom is 0.115 e. The Labute approximate surface area is 113 Å². The largest absolute Gasteiger partial charge is 0.508 e. The number of phenolic OH excluding ortho intramolecular Hbond substituents is 1. The van der Waals surface area contributed by atoms with Gasteiger partial charge in [-0.05, 0) is 37.5 Å². The second kappa shape index (κ2) is 4.66. The first kappa shape index (κ1) is 12.7. The van der Waals surface area contributed by atoms with E-state index in [1.165, 1.54) is 5.57 Å². The zero-order valence-electron chi connectivity index (χ0n) is 11.2. The number of phenols is 1. The smallest absolute Gasteiger partial charge is 0.115 e. The molecule has 1 heterocycles. The Bertz CT molecular complexity index is 491. The van der Waals surface area contributed by atoms with Crippen LogP contribution < -0.4 is 0 Å². The normalized spacial score (nSPS) is 33.9. The molecule has 1 aliphatic heterocycles. The van der Waals surface area contributed by atoms with E-state index >= 15 is 0 Å². The lowest BCUT2D eigenvalue weighted by atomic mass is 9.67. The van der Waals surface area contributed by atoms with Crippen LogP contribution in [0.3, 0.4) is 0 Å². The van der Waals surface area contributed by atoms with E-state index in [1.807, 2.05) is 12.1 Å². The van der Waals surface area contributed by atoms with Crippen molar-refractivity contribution in [1.82, 2.24) is 0 Å². The summed E-state index contributed by atoms with van der Waals surface area (Å²) in [6.07, 6.45) is 4.18. The molecule has 1 aromatic carbocycles. The number of hydrogen-bond donors (Lipinski definition) is 2. The number of benzene rings is 1. The number of aliphatic hydroxyl groups is 1. The molecular weight excluding hydrogens is 240 g/mol. The minimum absolute atomic E-state index is 0.0387. The first-order valence-corrected chi connectivity index (χ1v) is 6.82. The average Bonchev–Trinajstić information content (AvgIpc) is 2.45. The van der Waals surface area contributed by atoms with Crippen LogP contribution in [0.1, 0.15) is 31.4 Å². The van der Waals surface area contributed by atoms with E-state index in [4.69, 9.17) is 4.74 Å². The first-order chi connectivity index (χ1) is 9.13. The van der Waals surface area contributed by atoms with Gasteiger partial charge in [-0.3, -0.25) is 0 Å². The quantitative estimate of drug-likeness (QED) is 0.804. The molecule has 19 heavy (non-hydrogen) atoms. The molecule has 0 saturated carbocycles. The third kappa shape index (κ3) is 2.17. The predicted octanol–water partition coefficient (Wildman–Crippen LogP) is 2.80. The summed E-state index contributed by atoms with van der Waals surface area (Å²) in [4.78, 5) is 0. The van der Waals surface area contributed by atoms with Crippen molar-refractivity contribution in [1.29, 1.82) is 0 Å². The van der Waals surface area contributed by atoms with Gasteiger partial charge in [0.1, 0.15) is 5.75 Å². The standard InChI is InChI=1S/C16H20O3/c1-11-6-7-16(9-17)8-14(11)15(19-10-16)12-2-4-13(18)5-3-12/h2-6,14-15,17-18H,7-10H2,1H3/t14-,15+,16+/m0/s1. The molecule has 2 N–H and O–H groups in total. The van der Waals surface area contributed by atoms with Crippen molar-refractivity contribution >= 4 is 0 Å². The van der Waals surface area contributed by atoms with Crippen molar-refractivity contribution in [3.63, 3.8) is 0 Å². The van der Waals surface area contributed by atoms with Crippen LogP contribution in [0.4, 0.5) is 0 Å². The molecule has 1 aliphatic carbocycles. The predicted molar refractivity (Wildman–Crippen MR) is 72.8 cm³/mol. The van der Waals surface area contributed by atoms with Crippen LogP contribution in [-0.2, 0) is 4.74 Å². The maximum atomic E-state index is 9.63. The molecule has 3 atom stereocenters. The lowest BCUT2D eigenvalue weighted by molar-refractivity contribution is -0.113. The molecule has 3 nitrogen and oxygen atoms in total. The van der Waals surface area contributed by atoms with Crippen LogP contribution >= 0.6 is 0 Å². The van der Waals surface area contributed by atoms with E-state index in [0.717, 1.165) is 18.4 Å². The van der Waals surface area contributed by atoms with Crippen molar-refractivity contribution < 1.29 is 14.9 Å². The molecule has 0 amide bonds. The van der Waals surface area contributed by atoms with Gasteiger partial charge in [0, 0.05) is 11.3 Å². The SMILES string of the molecule is CC1=CC[C@@]2(CO)CO[C@H](c3ccc(O)cc3)[C@H]1C2. The van der Waals surface area contributed by atoms with E-state index in [0.29, 0.717) is 12.5 Å². The Morgan fingerprint density at radius 3 is 2.74 bits per heavy atom. The molecular formula is C16H20O3. The highest BCUT2D eigenvalue weighted by Crippen LogP contribution is 2.50. The van der Waals surface area contributed by atoms with Crippen LogP contribution in [0.2, 0.25) is 0 Å². The Morgan fingerprint density at radius 1 is 1.32 bits per heavy atom. The van der Waals surface area contributed by atoms with Gasteiger partial charge < -0.3 is 14.9 Å². The van der Waals surface area contributed by atoms with E-state index in [1.54, 1.807) is 12.1 Å². The molecule has 0 unspecified atom stereocenters. The van der Waals surface area contributed by atoms with Crippen molar-refractivity contribution in [3.8, 4) is 5.75 Å². The topological polar surface area (TPSA) is 49.7 Å². The summed E-state index contributed by atoms with van der Waals surface area (Å²) in [5.41, 5.74) is 2.36. The van der Waals surface area contributed by atoms with Crippen molar-refractivity contribution in [2.75, 3.05) is 13.2 Å². The molecule has 1 aromatic rings. The molecule has 0 aromatic heterocycles. The van der Waals surface area contributed by atoms with E-state index in [-0.39, 0.29) is 23.9 Å². The number of rotatable bonds is 2. The van der Waals surface area contributed by atoms with Gasteiger partial charge in [-0.25, -0.2) is 0 Å². The molecule has 1 fully saturated rings. The summed E-state index contributed by atoms with van der Waals surface area (Å²) in [5.74, 6) is 0.611. The van der Waals surface area contributed by atoms with Gasteiger partial charge in [0.2, 0.25) is 0 Å². The molecule has 3 heteroatoms. The number of ether oxygens (including phenoxy) is 1. The molecule has 0 radical (unpaired) electrons. The van der Waals surface area contributed by atoms with Crippen molar-refractivity contribution in [3.05, 3.63) is 41.5 Å². The fraction of sp³-hybridized carbons (Fsp3) is 0.500. The summed E-state index contributed by atoms with van der Waals surface area (Å²) >= 11 is 0. The lowest BCUT2D eigenvalue weighted by Crippen LogP contribution is -2.43. The van der Waals surface area contributed by atoms with Gasteiger partial charge >= 0.3 is 0 Å². The molecule has 2 bridgehead atoms. The highest BCUT2D eigenvalue weighted by molar-refractivity contribution is 5.30. The third-order valence-corrected chi connectivity index (χ3v) is 4.59. The number of aliphatic hydroxyl groups excluding tert-OH is 1. The minimum Gasteiger partial charge on any atom is -0.508 e. The van der Waals surface area contributed by atoms with Crippen LogP contribution in [-0.4, -0.2) is 23.4 Å². The van der Waals surface area contributed by atoms with E-state index < -0.39 is 0 Å². The second-order valence-corrected chi connectivity index (χ2v) is 5.94. The van der Waals surface area contributed by atoms with E-state index in [2.05, 4.69) is 13.0 Å². The Morgan fingerprint density at radius 2 is 2.05 bits per heavy atom. The summed E-state index contributed by atoms with van der Waals surface area (Å²) in [6.45, 7) is 2.94. The maximum absolute atomic E-state index is 9.63. The summed E-state index contributed by atoms with van der Waals surface area (Å²) in [7, 11) is 0. The monoisotopic (exact) mass is 260 g/mol. The van der Waals surface area contributed by atoms with Gasteiger partial charge in [0.25, 0.3) is 0 Å². The van der Waals surface area contributed by atoms with Gasteiger partial charge in [-0.15, -0.1) is 0 Å². The van der Waals surface area contributed by atoms with Crippen LogP contribution in [0.15, 0.2) is 35.9 Å². The molecule has 2 aliphatic rings. The first-order valence-electron chi connectivity index (χ1n) is 6.82. The average molecular weight is 260 g/mol. The number of allylic oxidation sites excluding steroid dienone is 1. The zero-order valence-corrected chi connectivity index (χ0v) is 11.2. The van der Waals surface area contributed by atoms with Gasteiger partial charge in [0.15, 0.2) is 0 Å². The number of hydrogen-bond acceptors (Lipinski definition) is 3. The summed E-state index contributed by atoms with van der Waals surface area (Å²) in [5, 5.41) is 19.0. The number of fused-ring (bicyclic) bond motifs is 2. The molecule has 0 spiro atoms. The highest BCUT2D eigenvalue weighted by atomic mass is 16.5. The van der Waals surface area contributed by atoms with Crippen LogP contribution in [0, 0.1) is 11.3 Å². The molecule has 1 saturated heterocycles. The fourth-order valence-corrected chi connectivity index (χ4v) is 3.25. The van der Waals surface area contributed by atoms with Gasteiger partial charge in [0.05, 0.1) is 19.3 Å². The third-order valence-electron chi connectivity index (χ3n) is 4.59. The summed E-state index contributed by atoms with van der Waals surface area (Å²) in [6, 6.07) is 7.25. The number of aromatic hydroxyl groups is 1.